The highest BCUT2D eigenvalue weighted by molar-refractivity contribution is 8.14. The maximum absolute atomic E-state index is 12.9. The van der Waals surface area contributed by atoms with Gasteiger partial charge in [-0.2, -0.15) is 0 Å². The van der Waals surface area contributed by atoms with Gasteiger partial charge in [-0.25, -0.2) is 0 Å². The minimum absolute atomic E-state index is 0.0964. The van der Waals surface area contributed by atoms with E-state index >= 15 is 0 Å². The molecule has 160 valence electrons. The summed E-state index contributed by atoms with van der Waals surface area (Å²) < 4.78 is 22.1. The van der Waals surface area contributed by atoms with Gasteiger partial charge < -0.3 is 23.9 Å². The van der Waals surface area contributed by atoms with E-state index in [1.807, 2.05) is 37.7 Å². The lowest BCUT2D eigenvalue weighted by molar-refractivity contribution is 0.0920. The van der Waals surface area contributed by atoms with Gasteiger partial charge in [-0.15, -0.1) is 11.8 Å². The fraction of sp³-hybridized carbons (Fsp3) is 0.455. The highest BCUT2D eigenvalue weighted by Gasteiger charge is 2.39. The summed E-state index contributed by atoms with van der Waals surface area (Å²) in [5.74, 6) is 2.64. The number of ether oxygens (including phenoxy) is 3. The van der Waals surface area contributed by atoms with E-state index < -0.39 is 0 Å². The van der Waals surface area contributed by atoms with E-state index in [1.54, 1.807) is 21.3 Å². The molecule has 2 aliphatic rings. The lowest BCUT2D eigenvalue weighted by atomic mass is 9.90. The van der Waals surface area contributed by atoms with Crippen molar-refractivity contribution in [1.82, 2.24) is 5.32 Å². The minimum atomic E-state index is -0.237. The van der Waals surface area contributed by atoms with Gasteiger partial charge in [0.15, 0.2) is 17.3 Å². The molecule has 1 aromatic heterocycles. The molecule has 8 heteroatoms. The quantitative estimate of drug-likeness (QED) is 0.744. The molecule has 0 radical (unpaired) electrons. The molecule has 1 aliphatic heterocycles. The van der Waals surface area contributed by atoms with Gasteiger partial charge in [0.2, 0.25) is 5.75 Å². The number of aryl methyl sites for hydroxylation is 1. The second-order valence-electron chi connectivity index (χ2n) is 7.40. The minimum Gasteiger partial charge on any atom is -0.493 e. The Labute approximate surface area is 180 Å². The first-order valence-corrected chi connectivity index (χ1v) is 10.7. The maximum Gasteiger partial charge on any atom is 0.287 e. The number of hydrogen-bond acceptors (Lipinski definition) is 7. The van der Waals surface area contributed by atoms with E-state index in [4.69, 9.17) is 23.6 Å². The first-order valence-electron chi connectivity index (χ1n) is 9.87. The monoisotopic (exact) mass is 430 g/mol. The summed E-state index contributed by atoms with van der Waals surface area (Å²) in [6.07, 6.45) is 1.86. The van der Waals surface area contributed by atoms with Crippen LogP contribution in [0.1, 0.15) is 52.4 Å². The van der Waals surface area contributed by atoms with Crippen LogP contribution in [-0.2, 0) is 13.0 Å². The highest BCUT2D eigenvalue weighted by atomic mass is 32.2. The summed E-state index contributed by atoms with van der Waals surface area (Å²) in [6, 6.07) is 3.73. The molecule has 1 amide bonds. The van der Waals surface area contributed by atoms with Gasteiger partial charge in [0.05, 0.1) is 32.4 Å². The molecule has 1 aliphatic carbocycles. The lowest BCUT2D eigenvalue weighted by Crippen LogP contribution is -2.23. The molecule has 0 fully saturated rings. The third-order valence-electron chi connectivity index (χ3n) is 5.60. The summed E-state index contributed by atoms with van der Waals surface area (Å²) in [5, 5.41) is 4.50. The number of carbonyl (C=O) groups excluding carboxylic acids is 1. The van der Waals surface area contributed by atoms with E-state index in [0.717, 1.165) is 40.3 Å². The summed E-state index contributed by atoms with van der Waals surface area (Å²) in [4.78, 5) is 17.7. The van der Waals surface area contributed by atoms with Crippen LogP contribution in [0, 0.1) is 6.92 Å². The zero-order chi connectivity index (χ0) is 21.4. The van der Waals surface area contributed by atoms with E-state index in [9.17, 15) is 4.79 Å². The average molecular weight is 431 g/mol. The number of thioether (sulfide) groups is 1. The van der Waals surface area contributed by atoms with Crippen molar-refractivity contribution in [1.29, 1.82) is 0 Å². The number of rotatable bonds is 6. The van der Waals surface area contributed by atoms with E-state index in [0.29, 0.717) is 34.8 Å². The molecule has 1 N–H and O–H groups in total. The van der Waals surface area contributed by atoms with E-state index in [-0.39, 0.29) is 11.9 Å². The number of methoxy groups -OCH3 is 3. The molecule has 1 aromatic carbocycles. The van der Waals surface area contributed by atoms with Crippen LogP contribution in [0.2, 0.25) is 0 Å². The molecule has 0 bridgehead atoms. The van der Waals surface area contributed by atoms with Crippen molar-refractivity contribution in [3.63, 3.8) is 0 Å². The molecule has 30 heavy (non-hydrogen) atoms. The molecule has 2 atom stereocenters. The molecule has 0 saturated carbocycles. The SMILES string of the molecule is COc1cc(CNC(=O)c2oc3c(c2C)C2N=C(C)SC2CC3)cc(OC)c1OC. The average Bonchev–Trinajstić information content (AvgIpc) is 3.29. The second-order valence-corrected chi connectivity index (χ2v) is 8.83. The molecule has 7 nitrogen and oxygen atoms in total. The molecule has 0 saturated heterocycles. The number of benzene rings is 1. The molecule has 2 unspecified atom stereocenters. The van der Waals surface area contributed by atoms with Crippen molar-refractivity contribution in [3.8, 4) is 17.2 Å². The lowest BCUT2D eigenvalue weighted by Gasteiger charge is -2.22. The largest absolute Gasteiger partial charge is 0.493 e. The summed E-state index contributed by atoms with van der Waals surface area (Å²) in [5.41, 5.74) is 2.81. The number of amides is 1. The first kappa shape index (κ1) is 20.7. The normalized spacial score (nSPS) is 19.6. The Hall–Kier alpha value is -2.61. The van der Waals surface area contributed by atoms with Gasteiger partial charge in [-0.3, -0.25) is 9.79 Å². The molecule has 4 rings (SSSR count). The van der Waals surface area contributed by atoms with Crippen molar-refractivity contribution in [3.05, 3.63) is 40.3 Å². The Bertz CT molecular complexity index is 988. The number of furan rings is 1. The fourth-order valence-electron chi connectivity index (χ4n) is 4.21. The number of aliphatic imine (C=N–C) groups is 1. The number of fused-ring (bicyclic) bond motifs is 3. The van der Waals surface area contributed by atoms with E-state index in [1.165, 1.54) is 0 Å². The number of nitrogens with zero attached hydrogens (tertiary/aromatic N) is 1. The Morgan fingerprint density at radius 3 is 2.53 bits per heavy atom. The second kappa shape index (κ2) is 8.26. The fourth-order valence-corrected chi connectivity index (χ4v) is 5.38. The van der Waals surface area contributed by atoms with Crippen molar-refractivity contribution in [2.24, 2.45) is 4.99 Å². The molecular weight excluding hydrogens is 404 g/mol. The van der Waals surface area contributed by atoms with Crippen molar-refractivity contribution < 1.29 is 23.4 Å². The molecular formula is C22H26N2O5S. The van der Waals surface area contributed by atoms with Gasteiger partial charge in [0.25, 0.3) is 5.91 Å². The maximum atomic E-state index is 12.9. The zero-order valence-corrected chi connectivity index (χ0v) is 18.6. The van der Waals surface area contributed by atoms with E-state index in [2.05, 4.69) is 5.32 Å². The van der Waals surface area contributed by atoms with Crippen LogP contribution in [0.3, 0.4) is 0 Å². The van der Waals surface area contributed by atoms with Crippen molar-refractivity contribution in [2.45, 2.75) is 44.5 Å². The summed E-state index contributed by atoms with van der Waals surface area (Å²) in [6.45, 7) is 4.30. The van der Waals surface area contributed by atoms with Crippen LogP contribution in [0.4, 0.5) is 0 Å². The van der Waals surface area contributed by atoms with Gasteiger partial charge in [-0.1, -0.05) is 0 Å². The van der Waals surface area contributed by atoms with Crippen LogP contribution < -0.4 is 19.5 Å². The Morgan fingerprint density at radius 1 is 1.20 bits per heavy atom. The Kier molecular flexibility index (Phi) is 5.69. The summed E-state index contributed by atoms with van der Waals surface area (Å²) in [7, 11) is 4.69. The summed E-state index contributed by atoms with van der Waals surface area (Å²) >= 11 is 1.83. The van der Waals surface area contributed by atoms with Gasteiger partial charge in [0, 0.05) is 29.3 Å². The number of nitrogens with one attached hydrogen (secondary N) is 1. The Balaban J connectivity index is 1.54. The van der Waals surface area contributed by atoms with Crippen molar-refractivity contribution in [2.75, 3.05) is 21.3 Å². The number of carbonyl (C=O) groups is 1. The van der Waals surface area contributed by atoms with Gasteiger partial charge in [0.1, 0.15) is 5.76 Å². The van der Waals surface area contributed by atoms with Crippen LogP contribution in [0.25, 0.3) is 0 Å². The topological polar surface area (TPSA) is 82.3 Å². The van der Waals surface area contributed by atoms with Crippen LogP contribution >= 0.6 is 11.8 Å². The van der Waals surface area contributed by atoms with Gasteiger partial charge in [-0.05, 0) is 38.0 Å². The molecule has 2 heterocycles. The standard InChI is InChI=1S/C22H26N2O5S/c1-11-18-14(6-7-17-19(18)24-12(2)30-17)29-20(11)22(25)23-10-13-8-15(26-3)21(28-5)16(9-13)27-4/h8-9,17,19H,6-7,10H2,1-5H3,(H,23,25). The predicted octanol–water partition coefficient (Wildman–Crippen LogP) is 4.06. The smallest absolute Gasteiger partial charge is 0.287 e. The highest BCUT2D eigenvalue weighted by Crippen LogP contribution is 2.47. The van der Waals surface area contributed by atoms with Crippen LogP contribution in [-0.4, -0.2) is 37.5 Å². The third kappa shape index (κ3) is 3.53. The van der Waals surface area contributed by atoms with Gasteiger partial charge >= 0.3 is 0 Å². The predicted molar refractivity (Wildman–Crippen MR) is 116 cm³/mol. The molecule has 2 aromatic rings. The van der Waals surface area contributed by atoms with Crippen molar-refractivity contribution >= 4 is 22.7 Å². The molecule has 0 spiro atoms. The zero-order valence-electron chi connectivity index (χ0n) is 17.8. The van der Waals surface area contributed by atoms with Crippen LogP contribution in [0.15, 0.2) is 21.5 Å². The Morgan fingerprint density at radius 2 is 1.90 bits per heavy atom. The third-order valence-corrected chi connectivity index (χ3v) is 6.84. The van der Waals surface area contributed by atoms with Crippen LogP contribution in [0.5, 0.6) is 17.2 Å². The number of hydrogen-bond donors (Lipinski definition) is 1. The first-order chi connectivity index (χ1) is 14.5.